The van der Waals surface area contributed by atoms with Crippen molar-refractivity contribution < 1.29 is 9.21 Å². The molecule has 1 aromatic carbocycles. The van der Waals surface area contributed by atoms with Crippen molar-refractivity contribution in [1.29, 1.82) is 0 Å². The first-order valence-corrected chi connectivity index (χ1v) is 11.2. The van der Waals surface area contributed by atoms with E-state index in [9.17, 15) is 4.79 Å². The Hall–Kier alpha value is -2.10. The highest BCUT2D eigenvalue weighted by atomic mass is 79.9. The molecule has 1 aliphatic heterocycles. The maximum absolute atomic E-state index is 12.6. The summed E-state index contributed by atoms with van der Waals surface area (Å²) in [5.41, 5.74) is 0.788. The smallest absolute Gasteiger partial charge is 0.233 e. The van der Waals surface area contributed by atoms with Gasteiger partial charge in [0.15, 0.2) is 10.9 Å². The van der Waals surface area contributed by atoms with Crippen molar-refractivity contribution in [2.24, 2.45) is 0 Å². The number of fused-ring (bicyclic) bond motifs is 1. The second kappa shape index (κ2) is 8.73. The van der Waals surface area contributed by atoms with E-state index in [1.54, 1.807) is 6.08 Å². The normalized spacial score (nSPS) is 15.2. The Labute approximate surface area is 181 Å². The number of carbonyl (C=O) groups excluding carboxylic acids is 1. The minimum Gasteiger partial charge on any atom is -0.453 e. The fraction of sp³-hybridized carbons (Fsp3) is 0.350. The van der Waals surface area contributed by atoms with Crippen LogP contribution in [0.3, 0.4) is 0 Å². The van der Waals surface area contributed by atoms with Gasteiger partial charge in [-0.05, 0) is 31.3 Å². The number of thioether (sulfide) groups is 1. The highest BCUT2D eigenvalue weighted by Crippen LogP contribution is 2.31. The van der Waals surface area contributed by atoms with Crippen LogP contribution in [0.4, 0.5) is 0 Å². The Bertz CT molecular complexity index is 1040. The van der Waals surface area contributed by atoms with E-state index in [1.807, 2.05) is 33.7 Å². The molecule has 3 heterocycles. The summed E-state index contributed by atoms with van der Waals surface area (Å²) >= 11 is 4.88. The van der Waals surface area contributed by atoms with Gasteiger partial charge in [0.2, 0.25) is 11.7 Å². The number of hydrogen-bond donors (Lipinski definition) is 0. The number of halogens is 1. The van der Waals surface area contributed by atoms with Crippen LogP contribution in [0.15, 0.2) is 51.0 Å². The quantitative estimate of drug-likeness (QED) is 0.401. The Morgan fingerprint density at radius 2 is 2.07 bits per heavy atom. The predicted octanol–water partition coefficient (Wildman–Crippen LogP) is 3.51. The number of allylic oxidation sites excluding steroid dienone is 1. The summed E-state index contributed by atoms with van der Waals surface area (Å²) in [6, 6.07) is 7.81. The van der Waals surface area contributed by atoms with Gasteiger partial charge in [-0.3, -0.25) is 9.36 Å². The Balaban J connectivity index is 1.53. The lowest BCUT2D eigenvalue weighted by Gasteiger charge is -2.32. The third-order valence-corrected chi connectivity index (χ3v) is 6.35. The van der Waals surface area contributed by atoms with Gasteiger partial charge in [-0.25, -0.2) is 0 Å². The highest BCUT2D eigenvalue weighted by molar-refractivity contribution is 9.10. The van der Waals surface area contributed by atoms with Crippen LogP contribution >= 0.6 is 27.7 Å². The second-order valence-electron chi connectivity index (χ2n) is 6.97. The molecule has 4 rings (SSSR count). The van der Waals surface area contributed by atoms with Crippen LogP contribution in [-0.2, 0) is 11.3 Å². The van der Waals surface area contributed by atoms with E-state index in [0.717, 1.165) is 41.6 Å². The molecule has 0 N–H and O–H groups in total. The number of hydrogen-bond acceptors (Lipinski definition) is 6. The molecule has 3 aromatic rings. The molecule has 2 aromatic heterocycles. The lowest BCUT2D eigenvalue weighted by atomic mass is 10.2. The number of nitrogens with zero attached hydrogens (tertiary/aromatic N) is 5. The number of aromatic nitrogens is 3. The number of benzene rings is 1. The first kappa shape index (κ1) is 20.2. The zero-order chi connectivity index (χ0) is 20.4. The first-order valence-electron chi connectivity index (χ1n) is 9.38. The lowest BCUT2D eigenvalue weighted by molar-refractivity contribution is -0.129. The van der Waals surface area contributed by atoms with Crippen LogP contribution < -0.4 is 0 Å². The van der Waals surface area contributed by atoms with Gasteiger partial charge >= 0.3 is 0 Å². The summed E-state index contributed by atoms with van der Waals surface area (Å²) in [5.74, 6) is 1.74. The minimum atomic E-state index is 0.131. The van der Waals surface area contributed by atoms with Crippen molar-refractivity contribution in [3.63, 3.8) is 0 Å². The van der Waals surface area contributed by atoms with E-state index in [0.29, 0.717) is 29.0 Å². The molecule has 0 aliphatic carbocycles. The molecule has 0 spiro atoms. The van der Waals surface area contributed by atoms with Gasteiger partial charge in [-0.2, -0.15) is 0 Å². The molecular formula is C20H22BrN5O2S. The summed E-state index contributed by atoms with van der Waals surface area (Å²) in [4.78, 5) is 16.7. The molecule has 9 heteroatoms. The largest absolute Gasteiger partial charge is 0.453 e. The summed E-state index contributed by atoms with van der Waals surface area (Å²) in [6.07, 6.45) is 1.79. The molecule has 1 aliphatic rings. The molecule has 0 unspecified atom stereocenters. The Morgan fingerprint density at radius 3 is 2.83 bits per heavy atom. The van der Waals surface area contributed by atoms with Crippen molar-refractivity contribution >= 4 is 44.6 Å². The number of amides is 1. The molecular weight excluding hydrogens is 454 g/mol. The average Bonchev–Trinajstić information content (AvgIpc) is 3.30. The van der Waals surface area contributed by atoms with Gasteiger partial charge in [0.25, 0.3) is 0 Å². The van der Waals surface area contributed by atoms with Crippen molar-refractivity contribution in [2.75, 3.05) is 39.0 Å². The third kappa shape index (κ3) is 4.41. The minimum absolute atomic E-state index is 0.131. The highest BCUT2D eigenvalue weighted by Gasteiger charge is 2.22. The zero-order valence-corrected chi connectivity index (χ0v) is 18.6. The Morgan fingerprint density at radius 1 is 1.28 bits per heavy atom. The van der Waals surface area contributed by atoms with Gasteiger partial charge in [-0.15, -0.1) is 16.8 Å². The summed E-state index contributed by atoms with van der Waals surface area (Å²) < 4.78 is 8.89. The van der Waals surface area contributed by atoms with Crippen LogP contribution in [0.1, 0.15) is 0 Å². The zero-order valence-electron chi connectivity index (χ0n) is 16.2. The number of carbonyl (C=O) groups is 1. The number of furan rings is 1. The van der Waals surface area contributed by atoms with Crippen molar-refractivity contribution in [3.05, 3.63) is 41.4 Å². The maximum Gasteiger partial charge on any atom is 0.233 e. The van der Waals surface area contributed by atoms with E-state index in [2.05, 4.69) is 44.7 Å². The molecule has 1 fully saturated rings. The van der Waals surface area contributed by atoms with Gasteiger partial charge < -0.3 is 14.2 Å². The molecule has 152 valence electrons. The first-order chi connectivity index (χ1) is 14.0. The van der Waals surface area contributed by atoms with Crippen molar-refractivity contribution in [2.45, 2.75) is 11.7 Å². The van der Waals surface area contributed by atoms with Gasteiger partial charge in [0.1, 0.15) is 5.58 Å². The van der Waals surface area contributed by atoms with Crippen molar-refractivity contribution in [1.82, 2.24) is 24.6 Å². The average molecular weight is 476 g/mol. The van der Waals surface area contributed by atoms with Crippen LogP contribution in [0.5, 0.6) is 0 Å². The molecule has 0 bridgehead atoms. The van der Waals surface area contributed by atoms with E-state index in [4.69, 9.17) is 4.42 Å². The molecule has 7 nitrogen and oxygen atoms in total. The van der Waals surface area contributed by atoms with Gasteiger partial charge in [0, 0.05) is 42.6 Å². The molecule has 0 radical (unpaired) electrons. The van der Waals surface area contributed by atoms with Gasteiger partial charge in [0.05, 0.1) is 5.75 Å². The Kier molecular flexibility index (Phi) is 6.07. The fourth-order valence-corrected chi connectivity index (χ4v) is 4.50. The van der Waals surface area contributed by atoms with E-state index in [1.165, 1.54) is 11.8 Å². The maximum atomic E-state index is 12.6. The predicted molar refractivity (Wildman–Crippen MR) is 118 cm³/mol. The van der Waals surface area contributed by atoms with Crippen LogP contribution in [0, 0.1) is 0 Å². The van der Waals surface area contributed by atoms with Crippen LogP contribution in [-0.4, -0.2) is 69.5 Å². The van der Waals surface area contributed by atoms with Crippen LogP contribution in [0.2, 0.25) is 0 Å². The SMILES string of the molecule is C=CCn1c(SCC(=O)N2CCN(C)CC2)nnc1-c1cc2cc(Br)ccc2o1. The van der Waals surface area contributed by atoms with Gasteiger partial charge in [-0.1, -0.05) is 33.8 Å². The second-order valence-corrected chi connectivity index (χ2v) is 8.83. The lowest BCUT2D eigenvalue weighted by Crippen LogP contribution is -2.47. The molecule has 1 saturated heterocycles. The fourth-order valence-electron chi connectivity index (χ4n) is 3.27. The molecule has 1 amide bonds. The van der Waals surface area contributed by atoms with E-state index >= 15 is 0 Å². The summed E-state index contributed by atoms with van der Waals surface area (Å²) in [5, 5.41) is 10.3. The topological polar surface area (TPSA) is 67.4 Å². The number of rotatable bonds is 6. The van der Waals surface area contributed by atoms with E-state index in [-0.39, 0.29) is 5.91 Å². The molecule has 0 saturated carbocycles. The third-order valence-electron chi connectivity index (χ3n) is 4.91. The van der Waals surface area contributed by atoms with E-state index < -0.39 is 0 Å². The van der Waals surface area contributed by atoms with Crippen LogP contribution in [0.25, 0.3) is 22.6 Å². The summed E-state index contributed by atoms with van der Waals surface area (Å²) in [7, 11) is 2.08. The molecule has 0 atom stereocenters. The summed E-state index contributed by atoms with van der Waals surface area (Å²) in [6.45, 7) is 7.74. The standard InChI is InChI=1S/C20H22BrN5O2S/c1-3-6-26-19(17-12-14-11-15(21)4-5-16(14)28-17)22-23-20(26)29-13-18(27)25-9-7-24(2)8-10-25/h3-5,11-12H,1,6-10,13H2,2H3. The molecule has 29 heavy (non-hydrogen) atoms. The number of likely N-dealkylation sites (N-methyl/N-ethyl adjacent to an activating group) is 1. The monoisotopic (exact) mass is 475 g/mol. The number of piperazine rings is 1. The van der Waals surface area contributed by atoms with Crippen molar-refractivity contribution in [3.8, 4) is 11.6 Å².